The molecule has 0 fully saturated rings. The molecule has 0 aliphatic heterocycles. The Kier molecular flexibility index (Phi) is 2.24. The van der Waals surface area contributed by atoms with Gasteiger partial charge < -0.3 is 0 Å². The van der Waals surface area contributed by atoms with E-state index in [4.69, 9.17) is 11.6 Å². The van der Waals surface area contributed by atoms with Gasteiger partial charge in [-0.15, -0.1) is 0 Å². The van der Waals surface area contributed by atoms with E-state index < -0.39 is 16.4 Å². The van der Waals surface area contributed by atoms with E-state index in [1.807, 2.05) is 0 Å². The summed E-state index contributed by atoms with van der Waals surface area (Å²) >= 11 is 5.72. The average Bonchev–Trinajstić information content (AvgIpc) is 2.17. The first-order valence-corrected chi connectivity index (χ1v) is 4.36. The summed E-state index contributed by atoms with van der Waals surface area (Å²) in [5, 5.41) is 10.3. The van der Waals surface area contributed by atoms with E-state index in [9.17, 15) is 14.5 Å². The Morgan fingerprint density at radius 3 is 2.87 bits per heavy atom. The number of hydrogen-bond acceptors (Lipinski definition) is 3. The van der Waals surface area contributed by atoms with Gasteiger partial charge in [0.05, 0.1) is 15.8 Å². The molecule has 76 valence electrons. The highest BCUT2D eigenvalue weighted by molar-refractivity contribution is 6.37. The summed E-state index contributed by atoms with van der Waals surface area (Å²) in [6.45, 7) is 0. The van der Waals surface area contributed by atoms with E-state index in [1.165, 1.54) is 18.2 Å². The van der Waals surface area contributed by atoms with E-state index in [-0.39, 0.29) is 10.4 Å². The Bertz CT molecular complexity index is 559. The van der Waals surface area contributed by atoms with Crippen LogP contribution in [0.4, 0.5) is 10.1 Å². The van der Waals surface area contributed by atoms with Crippen molar-refractivity contribution in [2.24, 2.45) is 0 Å². The van der Waals surface area contributed by atoms with Gasteiger partial charge in [0.1, 0.15) is 17.0 Å². The SMILES string of the molecule is O=[N+]([O-])c1cnc2cccc(F)c2c1Cl. The second-order valence-electron chi connectivity index (χ2n) is 2.85. The van der Waals surface area contributed by atoms with Crippen molar-refractivity contribution in [2.45, 2.75) is 0 Å². The lowest BCUT2D eigenvalue weighted by Gasteiger charge is -2.01. The van der Waals surface area contributed by atoms with Crippen molar-refractivity contribution in [3.05, 3.63) is 45.4 Å². The minimum absolute atomic E-state index is 0.0200. The lowest BCUT2D eigenvalue weighted by Crippen LogP contribution is -1.93. The van der Waals surface area contributed by atoms with Gasteiger partial charge in [-0.2, -0.15) is 0 Å². The predicted octanol–water partition coefficient (Wildman–Crippen LogP) is 2.94. The Hall–Kier alpha value is -1.75. The Balaban J connectivity index is 2.89. The van der Waals surface area contributed by atoms with E-state index in [0.717, 1.165) is 6.20 Å². The zero-order valence-electron chi connectivity index (χ0n) is 7.28. The van der Waals surface area contributed by atoms with Crippen LogP contribution >= 0.6 is 11.6 Å². The molecule has 0 radical (unpaired) electrons. The molecule has 0 unspecified atom stereocenters. The van der Waals surface area contributed by atoms with E-state index in [1.54, 1.807) is 0 Å². The van der Waals surface area contributed by atoms with Crippen molar-refractivity contribution in [3.8, 4) is 0 Å². The first kappa shape index (κ1) is 9.79. The van der Waals surface area contributed by atoms with Gasteiger partial charge in [-0.05, 0) is 12.1 Å². The fourth-order valence-corrected chi connectivity index (χ4v) is 1.59. The first-order valence-electron chi connectivity index (χ1n) is 3.98. The molecule has 0 aliphatic rings. The highest BCUT2D eigenvalue weighted by atomic mass is 35.5. The highest BCUT2D eigenvalue weighted by Crippen LogP contribution is 2.32. The highest BCUT2D eigenvalue weighted by Gasteiger charge is 2.18. The molecule has 0 saturated heterocycles. The van der Waals surface area contributed by atoms with Crippen LogP contribution in [0.25, 0.3) is 10.9 Å². The van der Waals surface area contributed by atoms with Crippen LogP contribution in [0.1, 0.15) is 0 Å². The molecule has 0 amide bonds. The molecule has 1 heterocycles. The molecule has 0 aliphatic carbocycles. The third-order valence-electron chi connectivity index (χ3n) is 1.96. The minimum Gasteiger partial charge on any atom is -0.258 e. The molecule has 1 aromatic heterocycles. The molecule has 4 nitrogen and oxygen atoms in total. The molecule has 0 atom stereocenters. The van der Waals surface area contributed by atoms with Crippen LogP contribution in [0.5, 0.6) is 0 Å². The van der Waals surface area contributed by atoms with Crippen molar-refractivity contribution in [3.63, 3.8) is 0 Å². The van der Waals surface area contributed by atoms with E-state index in [2.05, 4.69) is 4.98 Å². The predicted molar refractivity (Wildman–Crippen MR) is 53.4 cm³/mol. The van der Waals surface area contributed by atoms with E-state index in [0.29, 0.717) is 5.52 Å². The molecule has 0 N–H and O–H groups in total. The normalized spacial score (nSPS) is 10.5. The van der Waals surface area contributed by atoms with Crippen LogP contribution < -0.4 is 0 Å². The van der Waals surface area contributed by atoms with Crippen molar-refractivity contribution in [1.82, 2.24) is 4.98 Å². The molecule has 0 saturated carbocycles. The lowest BCUT2D eigenvalue weighted by molar-refractivity contribution is -0.384. The number of rotatable bonds is 1. The standard InChI is InChI=1S/C9H4ClFN2O2/c10-9-7(13(14)15)4-12-6-3-1-2-5(11)8(6)9/h1-4H. The Morgan fingerprint density at radius 2 is 2.20 bits per heavy atom. The van der Waals surface area contributed by atoms with Gasteiger partial charge >= 0.3 is 5.69 Å². The minimum atomic E-state index is -0.693. The summed E-state index contributed by atoms with van der Waals surface area (Å²) in [5.41, 5.74) is -0.0973. The summed E-state index contributed by atoms with van der Waals surface area (Å²) in [6.07, 6.45) is 1.02. The summed E-state index contributed by atoms with van der Waals surface area (Å²) in [7, 11) is 0. The summed E-state index contributed by atoms with van der Waals surface area (Å²) < 4.78 is 13.3. The summed E-state index contributed by atoms with van der Waals surface area (Å²) in [4.78, 5) is 13.6. The van der Waals surface area contributed by atoms with Crippen molar-refractivity contribution >= 4 is 28.2 Å². The molecule has 15 heavy (non-hydrogen) atoms. The molecule has 1 aromatic carbocycles. The molecule has 2 rings (SSSR count). The topological polar surface area (TPSA) is 56.0 Å². The number of benzene rings is 1. The van der Waals surface area contributed by atoms with Crippen LogP contribution in [0.3, 0.4) is 0 Å². The van der Waals surface area contributed by atoms with Gasteiger partial charge in [0.15, 0.2) is 0 Å². The molecule has 0 bridgehead atoms. The maximum Gasteiger partial charge on any atom is 0.306 e. The molecule has 2 aromatic rings. The zero-order chi connectivity index (χ0) is 11.0. The molecule has 6 heteroatoms. The maximum absolute atomic E-state index is 13.3. The van der Waals surface area contributed by atoms with Gasteiger partial charge in [0.25, 0.3) is 0 Å². The molecular weight excluding hydrogens is 223 g/mol. The zero-order valence-corrected chi connectivity index (χ0v) is 8.03. The van der Waals surface area contributed by atoms with Crippen LogP contribution in [0.2, 0.25) is 5.02 Å². The molecular formula is C9H4ClFN2O2. The number of fused-ring (bicyclic) bond motifs is 1. The van der Waals surface area contributed by atoms with Gasteiger partial charge in [-0.25, -0.2) is 9.37 Å². The Labute approximate surface area is 88.5 Å². The van der Waals surface area contributed by atoms with Gasteiger partial charge in [0, 0.05) is 0 Å². The van der Waals surface area contributed by atoms with Crippen LogP contribution in [0.15, 0.2) is 24.4 Å². The smallest absolute Gasteiger partial charge is 0.258 e. The van der Waals surface area contributed by atoms with Crippen molar-refractivity contribution in [2.75, 3.05) is 0 Å². The van der Waals surface area contributed by atoms with Gasteiger partial charge in [0.2, 0.25) is 0 Å². The third-order valence-corrected chi connectivity index (χ3v) is 2.34. The average molecular weight is 227 g/mol. The van der Waals surface area contributed by atoms with E-state index >= 15 is 0 Å². The third kappa shape index (κ3) is 1.50. The summed E-state index contributed by atoms with van der Waals surface area (Å²) in [6, 6.07) is 4.18. The number of hydrogen-bond donors (Lipinski definition) is 0. The van der Waals surface area contributed by atoms with Crippen molar-refractivity contribution in [1.29, 1.82) is 0 Å². The van der Waals surface area contributed by atoms with Gasteiger partial charge in [-0.1, -0.05) is 17.7 Å². The van der Waals surface area contributed by atoms with Crippen LogP contribution in [-0.2, 0) is 0 Å². The fourth-order valence-electron chi connectivity index (χ4n) is 1.28. The maximum atomic E-state index is 13.3. The lowest BCUT2D eigenvalue weighted by atomic mass is 10.2. The van der Waals surface area contributed by atoms with Crippen LogP contribution in [0, 0.1) is 15.9 Å². The number of pyridine rings is 1. The quantitative estimate of drug-likeness (QED) is 0.555. The second kappa shape index (κ2) is 3.43. The Morgan fingerprint density at radius 1 is 1.47 bits per heavy atom. The number of nitrogens with zero attached hydrogens (tertiary/aromatic N) is 2. The van der Waals surface area contributed by atoms with Crippen LogP contribution in [-0.4, -0.2) is 9.91 Å². The fraction of sp³-hybridized carbons (Fsp3) is 0. The number of halogens is 2. The second-order valence-corrected chi connectivity index (χ2v) is 3.23. The van der Waals surface area contributed by atoms with Crippen molar-refractivity contribution < 1.29 is 9.31 Å². The van der Waals surface area contributed by atoms with Gasteiger partial charge in [-0.3, -0.25) is 10.1 Å². The number of aromatic nitrogens is 1. The first-order chi connectivity index (χ1) is 7.11. The largest absolute Gasteiger partial charge is 0.306 e. The summed E-state index contributed by atoms with van der Waals surface area (Å²) in [5.74, 6) is -0.617. The molecule has 0 spiro atoms. The monoisotopic (exact) mass is 226 g/mol. The number of nitro groups is 1.